The molecule has 0 saturated carbocycles. The Hall–Kier alpha value is -2.11. The lowest BCUT2D eigenvalue weighted by atomic mass is 10.1. The maximum atomic E-state index is 11.9. The summed E-state index contributed by atoms with van der Waals surface area (Å²) in [5.41, 5.74) is 1.99. The lowest BCUT2D eigenvalue weighted by molar-refractivity contribution is 0.171. The molecule has 1 aliphatic heterocycles. The maximum absolute atomic E-state index is 11.9. The third kappa shape index (κ3) is 3.34. The van der Waals surface area contributed by atoms with E-state index in [1.165, 1.54) is 6.07 Å². The first-order valence-corrected chi connectivity index (χ1v) is 9.22. The van der Waals surface area contributed by atoms with Crippen molar-refractivity contribution in [1.29, 1.82) is 0 Å². The summed E-state index contributed by atoms with van der Waals surface area (Å²) in [7, 11) is 0. The first-order chi connectivity index (χ1) is 12.1. The first kappa shape index (κ1) is 16.4. The van der Waals surface area contributed by atoms with Crippen molar-refractivity contribution < 1.29 is 13.9 Å². The van der Waals surface area contributed by atoms with E-state index in [0.29, 0.717) is 29.6 Å². The highest BCUT2D eigenvalue weighted by atomic mass is 35.5. The van der Waals surface area contributed by atoms with Gasteiger partial charge in [0.1, 0.15) is 18.8 Å². The van der Waals surface area contributed by atoms with Crippen LogP contribution in [0.1, 0.15) is 11.1 Å². The van der Waals surface area contributed by atoms with Crippen LogP contribution in [0.15, 0.2) is 50.5 Å². The molecule has 1 aromatic heterocycles. The highest BCUT2D eigenvalue weighted by Crippen LogP contribution is 2.36. The molecule has 128 valence electrons. The number of benzene rings is 2. The molecular weight excluding hydrogens is 360 g/mol. The molecule has 4 nitrogen and oxygen atoms in total. The highest BCUT2D eigenvalue weighted by molar-refractivity contribution is 7.98. The minimum atomic E-state index is -0.355. The lowest BCUT2D eigenvalue weighted by Crippen LogP contribution is -2.15. The second-order valence-electron chi connectivity index (χ2n) is 5.78. The predicted molar refractivity (Wildman–Crippen MR) is 99.2 cm³/mol. The van der Waals surface area contributed by atoms with Crippen LogP contribution in [-0.2, 0) is 5.75 Å². The van der Waals surface area contributed by atoms with Gasteiger partial charge in [0.25, 0.3) is 0 Å². The van der Waals surface area contributed by atoms with Gasteiger partial charge in [-0.05, 0) is 48.4 Å². The van der Waals surface area contributed by atoms with Crippen LogP contribution in [0.4, 0.5) is 0 Å². The third-order valence-corrected chi connectivity index (χ3v) is 5.47. The highest BCUT2D eigenvalue weighted by Gasteiger charge is 2.13. The van der Waals surface area contributed by atoms with Crippen molar-refractivity contribution >= 4 is 34.3 Å². The van der Waals surface area contributed by atoms with Gasteiger partial charge in [-0.3, -0.25) is 0 Å². The SMILES string of the molecule is Cc1cc2oc(=O)cc(CSc3ccc4c(c3)OCCO4)c2cc1Cl. The molecule has 2 heterocycles. The average Bonchev–Trinajstić information content (AvgIpc) is 2.61. The summed E-state index contributed by atoms with van der Waals surface area (Å²) in [5, 5.41) is 1.52. The Balaban J connectivity index is 1.64. The smallest absolute Gasteiger partial charge is 0.336 e. The zero-order chi connectivity index (χ0) is 17.4. The molecule has 0 aliphatic carbocycles. The number of hydrogen-bond donors (Lipinski definition) is 0. The molecular formula is C19H15ClO4S. The molecule has 0 atom stereocenters. The molecule has 3 aromatic rings. The van der Waals surface area contributed by atoms with E-state index in [4.69, 9.17) is 25.5 Å². The number of fused-ring (bicyclic) bond motifs is 2. The van der Waals surface area contributed by atoms with Crippen LogP contribution in [0.5, 0.6) is 11.5 Å². The zero-order valence-electron chi connectivity index (χ0n) is 13.5. The van der Waals surface area contributed by atoms with Crippen molar-refractivity contribution in [3.63, 3.8) is 0 Å². The van der Waals surface area contributed by atoms with Crippen molar-refractivity contribution in [3.05, 3.63) is 63.0 Å². The molecule has 0 fully saturated rings. The summed E-state index contributed by atoms with van der Waals surface area (Å²) in [5.74, 6) is 2.15. The lowest BCUT2D eigenvalue weighted by Gasteiger charge is -2.18. The Bertz CT molecular complexity index is 1010. The summed E-state index contributed by atoms with van der Waals surface area (Å²) in [6.07, 6.45) is 0. The van der Waals surface area contributed by atoms with Crippen LogP contribution >= 0.6 is 23.4 Å². The number of aryl methyl sites for hydroxylation is 1. The zero-order valence-corrected chi connectivity index (χ0v) is 15.1. The Labute approximate surface area is 153 Å². The molecule has 1 aliphatic rings. The van der Waals surface area contributed by atoms with E-state index in [2.05, 4.69) is 0 Å². The fourth-order valence-corrected chi connectivity index (χ4v) is 3.82. The fraction of sp³-hybridized carbons (Fsp3) is 0.211. The Morgan fingerprint density at radius 3 is 2.72 bits per heavy atom. The van der Waals surface area contributed by atoms with E-state index >= 15 is 0 Å². The van der Waals surface area contributed by atoms with Gasteiger partial charge in [-0.1, -0.05) is 11.6 Å². The molecule has 6 heteroatoms. The van der Waals surface area contributed by atoms with Crippen LogP contribution in [-0.4, -0.2) is 13.2 Å². The number of ether oxygens (including phenoxy) is 2. The molecule has 0 bridgehead atoms. The van der Waals surface area contributed by atoms with Gasteiger partial charge in [-0.15, -0.1) is 11.8 Å². The molecule has 2 aromatic carbocycles. The molecule has 0 unspecified atom stereocenters. The molecule has 25 heavy (non-hydrogen) atoms. The summed E-state index contributed by atoms with van der Waals surface area (Å²) in [6, 6.07) is 11.0. The van der Waals surface area contributed by atoms with Crippen molar-refractivity contribution in [3.8, 4) is 11.5 Å². The van der Waals surface area contributed by atoms with E-state index in [9.17, 15) is 4.79 Å². The van der Waals surface area contributed by atoms with Crippen molar-refractivity contribution in [2.24, 2.45) is 0 Å². The third-order valence-electron chi connectivity index (χ3n) is 4.02. The average molecular weight is 375 g/mol. The number of rotatable bonds is 3. The maximum Gasteiger partial charge on any atom is 0.336 e. The second kappa shape index (κ2) is 6.65. The van der Waals surface area contributed by atoms with Crippen molar-refractivity contribution in [2.45, 2.75) is 17.6 Å². The minimum absolute atomic E-state index is 0.355. The molecule has 0 N–H and O–H groups in total. The van der Waals surface area contributed by atoms with E-state index in [0.717, 1.165) is 32.9 Å². The van der Waals surface area contributed by atoms with Crippen molar-refractivity contribution in [1.82, 2.24) is 0 Å². The second-order valence-corrected chi connectivity index (χ2v) is 7.24. The van der Waals surface area contributed by atoms with Gasteiger partial charge in [-0.2, -0.15) is 0 Å². The Kier molecular flexibility index (Phi) is 4.36. The molecule has 0 spiro atoms. The van der Waals surface area contributed by atoms with E-state index in [-0.39, 0.29) is 5.63 Å². The number of hydrogen-bond acceptors (Lipinski definition) is 5. The van der Waals surface area contributed by atoms with Gasteiger partial charge >= 0.3 is 5.63 Å². The summed E-state index contributed by atoms with van der Waals surface area (Å²) >= 11 is 7.86. The van der Waals surface area contributed by atoms with Crippen molar-refractivity contribution in [2.75, 3.05) is 13.2 Å². The summed E-state index contributed by atoms with van der Waals surface area (Å²) in [6.45, 7) is 3.02. The Morgan fingerprint density at radius 2 is 1.88 bits per heavy atom. The van der Waals surface area contributed by atoms with Gasteiger partial charge in [-0.25, -0.2) is 4.79 Å². The van der Waals surface area contributed by atoms with Crippen LogP contribution in [0.2, 0.25) is 5.02 Å². The van der Waals surface area contributed by atoms with Crippen LogP contribution in [0, 0.1) is 6.92 Å². The monoisotopic (exact) mass is 374 g/mol. The molecule has 0 saturated heterocycles. The fourth-order valence-electron chi connectivity index (χ4n) is 2.74. The van der Waals surface area contributed by atoms with Gasteiger partial charge < -0.3 is 13.9 Å². The quantitative estimate of drug-likeness (QED) is 0.486. The van der Waals surface area contributed by atoms with Gasteiger partial charge in [0.2, 0.25) is 0 Å². The van der Waals surface area contributed by atoms with E-state index < -0.39 is 0 Å². The number of thioether (sulfide) groups is 1. The van der Waals surface area contributed by atoms with E-state index in [1.807, 2.05) is 31.2 Å². The van der Waals surface area contributed by atoms with Gasteiger partial charge in [0, 0.05) is 27.1 Å². The minimum Gasteiger partial charge on any atom is -0.486 e. The largest absolute Gasteiger partial charge is 0.486 e. The van der Waals surface area contributed by atoms with E-state index in [1.54, 1.807) is 17.8 Å². The first-order valence-electron chi connectivity index (χ1n) is 7.85. The number of halogens is 1. The predicted octanol–water partition coefficient (Wildman–Crippen LogP) is 4.82. The Morgan fingerprint density at radius 1 is 1.08 bits per heavy atom. The normalized spacial score (nSPS) is 13.2. The van der Waals surface area contributed by atoms with Gasteiger partial charge in [0.05, 0.1) is 0 Å². The molecule has 4 rings (SSSR count). The van der Waals surface area contributed by atoms with Gasteiger partial charge in [0.15, 0.2) is 11.5 Å². The topological polar surface area (TPSA) is 48.7 Å². The summed E-state index contributed by atoms with van der Waals surface area (Å²) < 4.78 is 16.5. The standard InChI is InChI=1S/C19H15ClO4S/c1-11-6-17-14(9-15(11)20)12(7-19(21)24-17)10-25-13-2-3-16-18(8-13)23-5-4-22-16/h2-3,6-9H,4-5,10H2,1H3. The van der Waals surface area contributed by atoms with Crippen LogP contribution in [0.25, 0.3) is 11.0 Å². The molecule has 0 amide bonds. The van der Waals surface area contributed by atoms with Crippen LogP contribution < -0.4 is 15.1 Å². The van der Waals surface area contributed by atoms with Crippen LogP contribution in [0.3, 0.4) is 0 Å². The summed E-state index contributed by atoms with van der Waals surface area (Å²) in [4.78, 5) is 12.9. The molecule has 0 radical (unpaired) electrons.